The minimum atomic E-state index is -0.839. The summed E-state index contributed by atoms with van der Waals surface area (Å²) in [6.45, 7) is 5.21. The lowest BCUT2D eigenvalue weighted by molar-refractivity contribution is 0.230. The van der Waals surface area contributed by atoms with Crippen LogP contribution in [0.3, 0.4) is 0 Å². The number of nitrogens with two attached hydrogens (primary N) is 1. The summed E-state index contributed by atoms with van der Waals surface area (Å²) >= 11 is 0. The second-order valence-electron chi connectivity index (χ2n) is 10.3. The van der Waals surface area contributed by atoms with Crippen molar-refractivity contribution >= 4 is 16.9 Å². The fourth-order valence-corrected chi connectivity index (χ4v) is 4.92. The van der Waals surface area contributed by atoms with Gasteiger partial charge in [-0.15, -0.1) is 0 Å². The Hall–Kier alpha value is -4.48. The zero-order valence-electron chi connectivity index (χ0n) is 22.3. The van der Waals surface area contributed by atoms with Gasteiger partial charge in [0.15, 0.2) is 11.6 Å². The summed E-state index contributed by atoms with van der Waals surface area (Å²) in [7, 11) is 0. The second kappa shape index (κ2) is 10.2. The van der Waals surface area contributed by atoms with Crippen molar-refractivity contribution < 1.29 is 9.50 Å². The molecule has 204 valence electrons. The average molecular weight is 540 g/mol. The molecule has 0 bridgehead atoms. The maximum Gasteiger partial charge on any atom is 0.156 e. The van der Waals surface area contributed by atoms with Crippen molar-refractivity contribution in [3.8, 4) is 11.1 Å². The van der Waals surface area contributed by atoms with Crippen LogP contribution in [0.25, 0.3) is 22.2 Å². The van der Waals surface area contributed by atoms with Crippen LogP contribution in [0, 0.1) is 5.82 Å². The van der Waals surface area contributed by atoms with Crippen LogP contribution < -0.4 is 10.6 Å². The molecule has 0 radical (unpaired) electrons. The number of aliphatic hydroxyl groups is 1. The van der Waals surface area contributed by atoms with E-state index in [2.05, 4.69) is 42.2 Å². The van der Waals surface area contributed by atoms with Gasteiger partial charge in [0.2, 0.25) is 0 Å². The number of halogens is 1. The molecule has 4 aromatic heterocycles. The number of aliphatic hydroxyl groups excluding tert-OH is 1. The predicted molar refractivity (Wildman–Crippen MR) is 150 cm³/mol. The molecule has 0 aliphatic carbocycles. The van der Waals surface area contributed by atoms with Gasteiger partial charge in [-0.25, -0.2) is 23.9 Å². The van der Waals surface area contributed by atoms with Gasteiger partial charge in [0.1, 0.15) is 17.7 Å². The van der Waals surface area contributed by atoms with Gasteiger partial charge < -0.3 is 15.7 Å². The molecule has 11 heteroatoms. The van der Waals surface area contributed by atoms with E-state index in [-0.39, 0.29) is 18.5 Å². The molecule has 1 aliphatic rings. The van der Waals surface area contributed by atoms with Gasteiger partial charge in [0, 0.05) is 54.6 Å². The zero-order chi connectivity index (χ0) is 27.9. The molecule has 40 heavy (non-hydrogen) atoms. The number of benzene rings is 1. The Labute approximate surface area is 230 Å². The number of anilines is 1. The minimum Gasteiger partial charge on any atom is -0.394 e. The topological polar surface area (TPSA) is 123 Å². The first-order chi connectivity index (χ1) is 19.3. The van der Waals surface area contributed by atoms with E-state index in [0.717, 1.165) is 52.1 Å². The van der Waals surface area contributed by atoms with Gasteiger partial charge in [-0.1, -0.05) is 18.2 Å². The maximum atomic E-state index is 13.4. The molecule has 6 rings (SSSR count). The van der Waals surface area contributed by atoms with Crippen LogP contribution in [0.1, 0.15) is 43.3 Å². The summed E-state index contributed by atoms with van der Waals surface area (Å²) in [5.74, 6) is 1.22. The van der Waals surface area contributed by atoms with E-state index < -0.39 is 5.54 Å². The van der Waals surface area contributed by atoms with Crippen LogP contribution in [0.5, 0.6) is 0 Å². The molecule has 0 amide bonds. The highest BCUT2D eigenvalue weighted by atomic mass is 19.1. The molecule has 1 aromatic carbocycles. The van der Waals surface area contributed by atoms with Crippen molar-refractivity contribution in [2.24, 2.45) is 5.73 Å². The Kier molecular flexibility index (Phi) is 6.60. The summed E-state index contributed by atoms with van der Waals surface area (Å²) in [4.78, 5) is 16.0. The van der Waals surface area contributed by atoms with E-state index >= 15 is 0 Å². The highest BCUT2D eigenvalue weighted by Gasteiger charge is 2.26. The predicted octanol–water partition coefficient (Wildman–Crippen LogP) is 3.59. The highest BCUT2D eigenvalue weighted by Crippen LogP contribution is 2.30. The number of fused-ring (bicyclic) bond motifs is 1. The number of hydrogen-bond acceptors (Lipinski definition) is 8. The molecule has 0 fully saturated rings. The normalized spacial score (nSPS) is 16.1. The first-order valence-corrected chi connectivity index (χ1v) is 13.1. The third kappa shape index (κ3) is 4.74. The molecule has 1 aliphatic heterocycles. The third-order valence-corrected chi connectivity index (χ3v) is 7.53. The quantitative estimate of drug-likeness (QED) is 0.322. The molecule has 0 saturated carbocycles. The highest BCUT2D eigenvalue weighted by molar-refractivity contribution is 5.78. The molecule has 5 aromatic rings. The van der Waals surface area contributed by atoms with Crippen LogP contribution in [-0.4, -0.2) is 59.1 Å². The van der Waals surface area contributed by atoms with E-state index in [0.29, 0.717) is 12.4 Å². The van der Waals surface area contributed by atoms with Crippen LogP contribution in [0.4, 0.5) is 10.2 Å². The molecular formula is C29H30FN9O. The Morgan fingerprint density at radius 3 is 2.50 bits per heavy atom. The van der Waals surface area contributed by atoms with E-state index in [1.807, 2.05) is 30.8 Å². The first kappa shape index (κ1) is 25.8. The van der Waals surface area contributed by atoms with Crippen molar-refractivity contribution in [1.82, 2.24) is 34.3 Å². The Bertz CT molecular complexity index is 1670. The van der Waals surface area contributed by atoms with Gasteiger partial charge in [0.25, 0.3) is 0 Å². The average Bonchev–Trinajstić information content (AvgIpc) is 3.65. The number of hydrogen-bond donors (Lipinski definition) is 2. The zero-order valence-corrected chi connectivity index (χ0v) is 22.3. The van der Waals surface area contributed by atoms with Gasteiger partial charge in [-0.05, 0) is 49.6 Å². The smallest absolute Gasteiger partial charge is 0.156 e. The number of nitrogens with zero attached hydrogens (tertiary/aromatic N) is 8. The van der Waals surface area contributed by atoms with Crippen LogP contribution in [0.15, 0.2) is 73.7 Å². The van der Waals surface area contributed by atoms with Crippen LogP contribution >= 0.6 is 0 Å². The molecule has 3 N–H and O–H groups in total. The van der Waals surface area contributed by atoms with E-state index in [4.69, 9.17) is 5.73 Å². The number of aromatic nitrogens is 7. The van der Waals surface area contributed by atoms with Crippen molar-refractivity contribution in [2.75, 3.05) is 24.6 Å². The van der Waals surface area contributed by atoms with Gasteiger partial charge in [0.05, 0.1) is 24.4 Å². The van der Waals surface area contributed by atoms with Gasteiger partial charge in [-0.2, -0.15) is 10.2 Å². The fourth-order valence-electron chi connectivity index (χ4n) is 4.92. The van der Waals surface area contributed by atoms with Gasteiger partial charge >= 0.3 is 0 Å². The Morgan fingerprint density at radius 2 is 1.80 bits per heavy atom. The van der Waals surface area contributed by atoms with Crippen LogP contribution in [0.2, 0.25) is 0 Å². The van der Waals surface area contributed by atoms with Gasteiger partial charge in [-0.3, -0.25) is 4.68 Å². The molecule has 5 heterocycles. The summed E-state index contributed by atoms with van der Waals surface area (Å²) in [6, 6.07) is 8.15. The van der Waals surface area contributed by atoms with E-state index in [1.54, 1.807) is 41.7 Å². The Balaban J connectivity index is 1.20. The largest absolute Gasteiger partial charge is 0.394 e. The van der Waals surface area contributed by atoms with Crippen molar-refractivity contribution in [3.05, 3.63) is 96.5 Å². The monoisotopic (exact) mass is 539 g/mol. The molecule has 2 atom stereocenters. The summed E-state index contributed by atoms with van der Waals surface area (Å²) < 4.78 is 16.9. The van der Waals surface area contributed by atoms with Crippen molar-refractivity contribution in [1.29, 1.82) is 0 Å². The maximum absolute atomic E-state index is 13.4. The summed E-state index contributed by atoms with van der Waals surface area (Å²) in [6.07, 6.45) is 13.6. The number of rotatable bonds is 7. The van der Waals surface area contributed by atoms with Crippen molar-refractivity contribution in [3.63, 3.8) is 0 Å². The standard InChI is InChI=1S/C29H30FN9O/c1-19(17-40)38-16-22(12-35-38)21-11-26-28(34-18-36-39(26)15-21)37-9-7-20(8-10-37)27-32-13-24(14-33-27)29(2,31)23-3-5-25(30)6-4-23/h3-7,11-16,18-19,40H,8-10,17,31H2,1-2H3/t19-,29-/m0/s1. The third-order valence-electron chi connectivity index (χ3n) is 7.53. The fraction of sp³-hybridized carbons (Fsp3) is 0.276. The van der Waals surface area contributed by atoms with Crippen molar-refractivity contribution in [2.45, 2.75) is 31.8 Å². The Morgan fingerprint density at radius 1 is 1.02 bits per heavy atom. The lowest BCUT2D eigenvalue weighted by Gasteiger charge is -2.28. The van der Waals surface area contributed by atoms with Crippen LogP contribution in [-0.2, 0) is 5.54 Å². The summed E-state index contributed by atoms with van der Waals surface area (Å²) in [5.41, 5.74) is 11.2. The first-order valence-electron chi connectivity index (χ1n) is 13.1. The molecule has 10 nitrogen and oxygen atoms in total. The minimum absolute atomic E-state index is 0.0243. The lowest BCUT2D eigenvalue weighted by atomic mass is 9.87. The second-order valence-corrected chi connectivity index (χ2v) is 10.3. The molecular weight excluding hydrogens is 509 g/mol. The van der Waals surface area contributed by atoms with E-state index in [9.17, 15) is 9.50 Å². The molecule has 0 saturated heterocycles. The van der Waals surface area contributed by atoms with E-state index in [1.165, 1.54) is 12.1 Å². The molecule has 0 unspecified atom stereocenters. The molecule has 0 spiro atoms. The summed E-state index contributed by atoms with van der Waals surface area (Å²) in [5, 5.41) is 18.2. The SMILES string of the molecule is C[C@@H](CO)n1cc(-c2cc3c(N4CC=C(c5ncc([C@@](C)(N)c6ccc(F)cc6)cn5)CC4)ncnn3c2)cn1. The lowest BCUT2D eigenvalue weighted by Crippen LogP contribution is -2.34.